The minimum absolute atomic E-state index is 0.0850. The lowest BCUT2D eigenvalue weighted by molar-refractivity contribution is -0.137. The molecular weight excluding hydrogens is 411 g/mol. The molecule has 0 saturated carbocycles. The number of hydrogen-bond donors (Lipinski definition) is 2. The highest BCUT2D eigenvalue weighted by Gasteiger charge is 2.38. The molecule has 0 aliphatic rings. The fourth-order valence-electron chi connectivity index (χ4n) is 3.34. The van der Waals surface area contributed by atoms with E-state index in [1.807, 2.05) is 45.9 Å². The van der Waals surface area contributed by atoms with Crippen LogP contribution >= 0.6 is 0 Å². The summed E-state index contributed by atoms with van der Waals surface area (Å²) in [5.74, 6) is -0.0850. The van der Waals surface area contributed by atoms with E-state index in [2.05, 4.69) is 0 Å². The van der Waals surface area contributed by atoms with Crippen molar-refractivity contribution in [1.82, 2.24) is 0 Å². The van der Waals surface area contributed by atoms with Crippen LogP contribution in [0.4, 0.5) is 22.0 Å². The van der Waals surface area contributed by atoms with Gasteiger partial charge >= 0.3 is 6.18 Å². The number of benzene rings is 1. The molecule has 0 aromatic heterocycles. The minimum atomic E-state index is -4.41. The molecule has 0 amide bonds. The van der Waals surface area contributed by atoms with E-state index in [4.69, 9.17) is 11.1 Å². The molecule has 1 unspecified atom stereocenters. The Bertz CT molecular complexity index is 759. The van der Waals surface area contributed by atoms with E-state index in [0.717, 1.165) is 23.3 Å². The molecule has 1 aromatic carbocycles. The highest BCUT2D eigenvalue weighted by atomic mass is 19.4. The number of hydrogen-bond acceptors (Lipinski definition) is 2. The third-order valence-electron chi connectivity index (χ3n) is 5.37. The van der Waals surface area contributed by atoms with E-state index in [1.165, 1.54) is 24.5 Å². The SMILES string of the molecule is CCC(CC(F)F)(c1ccc(C(F)(F)F)cc1)C(C)C.C\C=C/C=C(C)\C(C=N)=C\N. The van der Waals surface area contributed by atoms with Gasteiger partial charge in [-0.2, -0.15) is 13.2 Å². The van der Waals surface area contributed by atoms with Crippen LogP contribution in [0.3, 0.4) is 0 Å². The second-order valence-electron chi connectivity index (χ2n) is 7.48. The van der Waals surface area contributed by atoms with Gasteiger partial charge in [0, 0.05) is 29.8 Å². The molecule has 0 radical (unpaired) electrons. The summed E-state index contributed by atoms with van der Waals surface area (Å²) in [5, 5.41) is 6.99. The second kappa shape index (κ2) is 13.1. The molecule has 0 aliphatic carbocycles. The summed E-state index contributed by atoms with van der Waals surface area (Å²) in [6, 6.07) is 4.59. The van der Waals surface area contributed by atoms with Gasteiger partial charge < -0.3 is 11.1 Å². The van der Waals surface area contributed by atoms with Crippen LogP contribution in [-0.2, 0) is 11.6 Å². The highest BCUT2D eigenvalue weighted by Crippen LogP contribution is 2.41. The fourth-order valence-corrected chi connectivity index (χ4v) is 3.34. The molecule has 1 atom stereocenters. The molecule has 31 heavy (non-hydrogen) atoms. The Labute approximate surface area is 182 Å². The zero-order valence-corrected chi connectivity index (χ0v) is 18.7. The van der Waals surface area contributed by atoms with Gasteiger partial charge in [-0.3, -0.25) is 0 Å². The lowest BCUT2D eigenvalue weighted by atomic mass is 9.67. The van der Waals surface area contributed by atoms with E-state index in [9.17, 15) is 22.0 Å². The Kier molecular flexibility index (Phi) is 12.0. The molecule has 0 spiro atoms. The molecule has 0 fully saturated rings. The maximum Gasteiger partial charge on any atom is 0.416 e. The van der Waals surface area contributed by atoms with Crippen molar-refractivity contribution in [3.8, 4) is 0 Å². The molecule has 1 rings (SSSR count). The van der Waals surface area contributed by atoms with E-state index < -0.39 is 23.6 Å². The summed E-state index contributed by atoms with van der Waals surface area (Å²) in [6.45, 7) is 9.30. The molecule has 7 heteroatoms. The molecule has 3 N–H and O–H groups in total. The van der Waals surface area contributed by atoms with Gasteiger partial charge in [0.15, 0.2) is 0 Å². The highest BCUT2D eigenvalue weighted by molar-refractivity contribution is 5.81. The molecule has 0 bridgehead atoms. The Morgan fingerprint density at radius 2 is 1.61 bits per heavy atom. The first-order chi connectivity index (χ1) is 14.4. The lowest BCUT2D eigenvalue weighted by Crippen LogP contribution is -2.34. The van der Waals surface area contributed by atoms with E-state index in [-0.39, 0.29) is 12.3 Å². The molecule has 2 nitrogen and oxygen atoms in total. The summed E-state index contributed by atoms with van der Waals surface area (Å²) < 4.78 is 63.3. The van der Waals surface area contributed by atoms with Crippen molar-refractivity contribution in [3.63, 3.8) is 0 Å². The molecule has 0 heterocycles. The van der Waals surface area contributed by atoms with E-state index in [1.54, 1.807) is 6.92 Å². The number of nitrogens with two attached hydrogens (primary N) is 1. The van der Waals surface area contributed by atoms with Gasteiger partial charge in [-0.25, -0.2) is 8.78 Å². The Morgan fingerprint density at radius 3 is 1.94 bits per heavy atom. The van der Waals surface area contributed by atoms with Gasteiger partial charge in [0.25, 0.3) is 0 Å². The minimum Gasteiger partial charge on any atom is -0.404 e. The number of allylic oxidation sites excluding steroid dienone is 5. The summed E-state index contributed by atoms with van der Waals surface area (Å²) in [7, 11) is 0. The first-order valence-electron chi connectivity index (χ1n) is 10.1. The van der Waals surface area contributed by atoms with Crippen molar-refractivity contribution in [2.24, 2.45) is 11.7 Å². The van der Waals surface area contributed by atoms with Crippen LogP contribution in [0.15, 0.2) is 59.8 Å². The summed E-state index contributed by atoms with van der Waals surface area (Å²) in [5.41, 5.74) is 6.03. The maximum atomic E-state index is 12.9. The van der Waals surface area contributed by atoms with Crippen molar-refractivity contribution in [2.75, 3.05) is 0 Å². The van der Waals surface area contributed by atoms with Crippen molar-refractivity contribution >= 4 is 6.21 Å². The zero-order valence-electron chi connectivity index (χ0n) is 18.7. The molecule has 1 aromatic rings. The number of halogens is 5. The molecule has 174 valence electrons. The monoisotopic (exact) mass is 444 g/mol. The summed E-state index contributed by atoms with van der Waals surface area (Å²) in [6.07, 6.45) is 1.67. The third kappa shape index (κ3) is 8.67. The van der Waals surface area contributed by atoms with Crippen molar-refractivity contribution in [1.29, 1.82) is 5.41 Å². The number of nitrogens with one attached hydrogen (secondary N) is 1. The van der Waals surface area contributed by atoms with Gasteiger partial charge in [-0.15, -0.1) is 0 Å². The Morgan fingerprint density at radius 1 is 1.10 bits per heavy atom. The smallest absolute Gasteiger partial charge is 0.404 e. The topological polar surface area (TPSA) is 49.9 Å². The lowest BCUT2D eigenvalue weighted by Gasteiger charge is -2.37. The Balaban J connectivity index is 0.000000695. The largest absolute Gasteiger partial charge is 0.416 e. The number of alkyl halides is 5. The quantitative estimate of drug-likeness (QED) is 0.241. The average molecular weight is 445 g/mol. The van der Waals surface area contributed by atoms with E-state index in [0.29, 0.717) is 12.0 Å². The van der Waals surface area contributed by atoms with Gasteiger partial charge in [-0.1, -0.05) is 51.1 Å². The Hall–Kier alpha value is -2.44. The summed E-state index contributed by atoms with van der Waals surface area (Å²) in [4.78, 5) is 0. The predicted molar refractivity (Wildman–Crippen MR) is 118 cm³/mol. The molecule has 0 aliphatic heterocycles. The van der Waals surface area contributed by atoms with Crippen LogP contribution < -0.4 is 5.73 Å². The average Bonchev–Trinajstić information content (AvgIpc) is 2.71. The first kappa shape index (κ1) is 28.6. The van der Waals surface area contributed by atoms with Gasteiger partial charge in [0.1, 0.15) is 0 Å². The molecular formula is C24H33F5N2. The maximum absolute atomic E-state index is 12.9. The van der Waals surface area contributed by atoms with E-state index >= 15 is 0 Å². The van der Waals surface area contributed by atoms with Crippen LogP contribution in [0, 0.1) is 11.3 Å². The zero-order chi connectivity index (χ0) is 24.2. The standard InChI is InChI=1S/C15H19F5.C9H14N2/c1-4-14(10(2)3,9-13(16)17)11-5-7-12(8-6-11)15(18,19)20;1-3-4-5-8(2)9(6-10)7-11/h5-8,10,13H,4,9H2,1-3H3;3-7,10H,11H2,1-2H3/b;4-3-,8-5-,9-7+,10-6?. The first-order valence-corrected chi connectivity index (χ1v) is 10.1. The summed E-state index contributed by atoms with van der Waals surface area (Å²) >= 11 is 0. The molecule has 0 saturated heterocycles. The van der Waals surface area contributed by atoms with Crippen molar-refractivity contribution < 1.29 is 22.0 Å². The van der Waals surface area contributed by atoms with Gasteiger partial charge in [0.05, 0.1) is 5.56 Å². The predicted octanol–water partition coefficient (Wildman–Crippen LogP) is 7.67. The van der Waals surface area contributed by atoms with Crippen LogP contribution in [0.5, 0.6) is 0 Å². The fraction of sp³-hybridized carbons (Fsp3) is 0.458. The third-order valence-corrected chi connectivity index (χ3v) is 5.37. The van der Waals surface area contributed by atoms with Gasteiger partial charge in [-0.05, 0) is 49.5 Å². The van der Waals surface area contributed by atoms with Crippen LogP contribution in [0.25, 0.3) is 0 Å². The van der Waals surface area contributed by atoms with Crippen molar-refractivity contribution in [3.05, 3.63) is 71.0 Å². The normalized spacial score (nSPS) is 15.1. The van der Waals surface area contributed by atoms with Gasteiger partial charge in [0.2, 0.25) is 6.43 Å². The van der Waals surface area contributed by atoms with Crippen LogP contribution in [-0.4, -0.2) is 12.6 Å². The second-order valence-corrected chi connectivity index (χ2v) is 7.48. The van der Waals surface area contributed by atoms with Crippen molar-refractivity contribution in [2.45, 2.75) is 65.5 Å². The number of rotatable bonds is 8. The van der Waals surface area contributed by atoms with Crippen LogP contribution in [0.2, 0.25) is 0 Å². The van der Waals surface area contributed by atoms with Crippen LogP contribution in [0.1, 0.15) is 58.6 Å².